The van der Waals surface area contributed by atoms with Crippen LogP contribution >= 0.6 is 0 Å². The Morgan fingerprint density at radius 2 is 0.479 bits per heavy atom. The van der Waals surface area contributed by atoms with Gasteiger partial charge in [-0.1, -0.05) is 287 Å². The molecular weight excluding hydrogens is 1510 g/mol. The van der Waals surface area contributed by atoms with E-state index < -0.39 is 67.3 Å². The number of benzene rings is 9. The van der Waals surface area contributed by atoms with Crippen molar-refractivity contribution >= 4 is 29.5 Å². The van der Waals surface area contributed by atoms with E-state index in [0.717, 1.165) is 87.9 Å². The Hall–Kier alpha value is -10.2. The average molecular weight is 1630 g/mol. The topological polar surface area (TPSA) is 247 Å². The quantitative estimate of drug-likeness (QED) is 0.0259. The summed E-state index contributed by atoms with van der Waals surface area (Å²) in [5.74, 6) is -2.38. The number of nitrogens with one attached hydrogen (secondary N) is 4. The number of carbonyl (C=O) groups is 5. The van der Waals surface area contributed by atoms with Gasteiger partial charge in [0, 0.05) is 31.5 Å². The number of hydrogen-bond acceptors (Lipinski definition) is 17. The Balaban J connectivity index is 0.935. The lowest BCUT2D eigenvalue weighted by Gasteiger charge is -2.28. The molecular formula is C97H119N5O17. The molecule has 634 valence electrons. The summed E-state index contributed by atoms with van der Waals surface area (Å²) in [4.78, 5) is 72.5. The first-order valence-electron chi connectivity index (χ1n) is 41.5. The third-order valence-electron chi connectivity index (χ3n) is 19.0. The van der Waals surface area contributed by atoms with Crippen LogP contribution in [0.1, 0.15) is 106 Å². The maximum atomic E-state index is 15.1. The Bertz CT molecular complexity index is 3540. The number of ether oxygens (including phenoxy) is 12. The fourth-order valence-electron chi connectivity index (χ4n) is 12.6. The highest BCUT2D eigenvalue weighted by atomic mass is 16.6. The molecule has 9 rings (SSSR count). The van der Waals surface area contributed by atoms with E-state index in [9.17, 15) is 14.4 Å². The molecule has 0 saturated heterocycles. The van der Waals surface area contributed by atoms with Gasteiger partial charge in [-0.15, -0.1) is 0 Å². The number of rotatable bonds is 63. The SMILES string of the molecule is O=C(CCC(=O)N(CC(=O)NC(COC(COCc1ccccc1)COCc1ccccc1)COC(COCc1ccccc1)COCc1ccccc1)CC(=O)NC(COC(COCc1ccccc1)COCc1ccccc1)COC(COCc1ccccc1)COCc1ccccc1)NCCCCCCCCNC(=O)c1ccccc1. The first-order valence-corrected chi connectivity index (χ1v) is 41.5. The zero-order chi connectivity index (χ0) is 82.9. The molecule has 5 amide bonds. The van der Waals surface area contributed by atoms with Gasteiger partial charge in [0.1, 0.15) is 37.5 Å². The van der Waals surface area contributed by atoms with Crippen molar-refractivity contribution < 1.29 is 80.8 Å². The summed E-state index contributed by atoms with van der Waals surface area (Å²) in [6.45, 7) is 2.79. The van der Waals surface area contributed by atoms with Gasteiger partial charge >= 0.3 is 0 Å². The summed E-state index contributed by atoms with van der Waals surface area (Å²) in [6, 6.07) is 85.7. The van der Waals surface area contributed by atoms with Crippen LogP contribution in [0.15, 0.2) is 273 Å². The molecule has 0 spiro atoms. The second kappa shape index (κ2) is 57.9. The minimum Gasteiger partial charge on any atom is -0.374 e. The lowest BCUT2D eigenvalue weighted by molar-refractivity contribution is -0.141. The molecule has 0 aliphatic rings. The summed E-state index contributed by atoms with van der Waals surface area (Å²) >= 11 is 0. The molecule has 0 saturated carbocycles. The summed E-state index contributed by atoms with van der Waals surface area (Å²) in [5, 5.41) is 12.2. The molecule has 119 heavy (non-hydrogen) atoms. The lowest BCUT2D eigenvalue weighted by Crippen LogP contribution is -2.52. The third-order valence-corrected chi connectivity index (χ3v) is 19.0. The maximum Gasteiger partial charge on any atom is 0.251 e. The van der Waals surface area contributed by atoms with Crippen LogP contribution in [-0.4, -0.2) is 176 Å². The molecule has 4 N–H and O–H groups in total. The lowest BCUT2D eigenvalue weighted by atomic mass is 10.1. The highest BCUT2D eigenvalue weighted by Gasteiger charge is 2.28. The van der Waals surface area contributed by atoms with Gasteiger partial charge in [0.05, 0.1) is 144 Å². The van der Waals surface area contributed by atoms with E-state index in [1.807, 2.05) is 261 Å². The largest absolute Gasteiger partial charge is 0.374 e. The van der Waals surface area contributed by atoms with Crippen LogP contribution in [0, 0.1) is 0 Å². The molecule has 0 radical (unpaired) electrons. The van der Waals surface area contributed by atoms with Gasteiger partial charge in [0.15, 0.2) is 0 Å². The second-order valence-corrected chi connectivity index (χ2v) is 29.2. The van der Waals surface area contributed by atoms with Gasteiger partial charge < -0.3 is 83.0 Å². The minimum atomic E-state index is -0.885. The number of amides is 5. The zero-order valence-electron chi connectivity index (χ0n) is 68.5. The van der Waals surface area contributed by atoms with E-state index in [-0.39, 0.29) is 104 Å². The van der Waals surface area contributed by atoms with E-state index in [4.69, 9.17) is 56.8 Å². The van der Waals surface area contributed by atoms with E-state index in [2.05, 4.69) is 21.3 Å². The fourth-order valence-corrected chi connectivity index (χ4v) is 12.6. The van der Waals surface area contributed by atoms with Gasteiger partial charge in [0.25, 0.3) is 5.91 Å². The van der Waals surface area contributed by atoms with Gasteiger partial charge in [-0.25, -0.2) is 0 Å². The van der Waals surface area contributed by atoms with Crippen LogP contribution in [-0.2, 0) is 129 Å². The average Bonchev–Trinajstić information content (AvgIpc) is 0.870. The van der Waals surface area contributed by atoms with Crippen molar-refractivity contribution in [3.05, 3.63) is 323 Å². The Morgan fingerprint density at radius 3 is 0.731 bits per heavy atom. The molecule has 0 bridgehead atoms. The molecule has 9 aromatic carbocycles. The maximum absolute atomic E-state index is 15.1. The summed E-state index contributed by atoms with van der Waals surface area (Å²) in [6.07, 6.45) is 2.20. The molecule has 9 aromatic rings. The summed E-state index contributed by atoms with van der Waals surface area (Å²) in [7, 11) is 0. The fraction of sp³-hybridized carbons (Fsp3) is 0.392. The monoisotopic (exact) mass is 1630 g/mol. The first kappa shape index (κ1) is 92.7. The molecule has 0 fully saturated rings. The van der Waals surface area contributed by atoms with Crippen LogP contribution in [0.2, 0.25) is 0 Å². The zero-order valence-corrected chi connectivity index (χ0v) is 68.5. The van der Waals surface area contributed by atoms with Gasteiger partial charge in [-0.3, -0.25) is 24.0 Å². The summed E-state index contributed by atoms with van der Waals surface area (Å²) in [5.41, 5.74) is 8.39. The van der Waals surface area contributed by atoms with E-state index in [0.29, 0.717) is 71.5 Å². The van der Waals surface area contributed by atoms with Gasteiger partial charge in [0.2, 0.25) is 23.6 Å². The number of nitrogens with zero attached hydrogens (tertiary/aromatic N) is 1. The second-order valence-electron chi connectivity index (χ2n) is 29.2. The Kier molecular flexibility index (Phi) is 45.1. The normalized spacial score (nSPS) is 11.4. The smallest absolute Gasteiger partial charge is 0.251 e. The van der Waals surface area contributed by atoms with Crippen molar-refractivity contribution in [2.75, 3.05) is 105 Å². The molecule has 0 aliphatic heterocycles. The Labute approximate surface area is 702 Å². The van der Waals surface area contributed by atoms with Crippen molar-refractivity contribution in [2.45, 2.75) is 141 Å². The first-order chi connectivity index (χ1) is 58.6. The highest BCUT2D eigenvalue weighted by Crippen LogP contribution is 2.16. The number of hydrogen-bond donors (Lipinski definition) is 4. The van der Waals surface area contributed by atoms with Gasteiger partial charge in [-0.2, -0.15) is 0 Å². The van der Waals surface area contributed by atoms with Crippen molar-refractivity contribution in [1.29, 1.82) is 0 Å². The highest BCUT2D eigenvalue weighted by molar-refractivity contribution is 5.94. The van der Waals surface area contributed by atoms with Crippen molar-refractivity contribution in [1.82, 2.24) is 26.2 Å². The van der Waals surface area contributed by atoms with Crippen molar-refractivity contribution in [2.24, 2.45) is 0 Å². The Morgan fingerprint density at radius 1 is 0.252 bits per heavy atom. The van der Waals surface area contributed by atoms with Crippen LogP contribution in [0.5, 0.6) is 0 Å². The van der Waals surface area contributed by atoms with E-state index >= 15 is 9.59 Å². The molecule has 0 unspecified atom stereocenters. The predicted octanol–water partition coefficient (Wildman–Crippen LogP) is 13.7. The van der Waals surface area contributed by atoms with Crippen LogP contribution in [0.4, 0.5) is 0 Å². The molecule has 0 aromatic heterocycles. The van der Waals surface area contributed by atoms with E-state index in [1.54, 1.807) is 12.1 Å². The van der Waals surface area contributed by atoms with Crippen LogP contribution in [0.3, 0.4) is 0 Å². The molecule has 22 heteroatoms. The van der Waals surface area contributed by atoms with Crippen LogP contribution in [0.25, 0.3) is 0 Å². The van der Waals surface area contributed by atoms with Crippen molar-refractivity contribution in [3.63, 3.8) is 0 Å². The molecule has 22 nitrogen and oxygen atoms in total. The third kappa shape index (κ3) is 40.9. The minimum absolute atomic E-state index is 0.0906. The van der Waals surface area contributed by atoms with Crippen molar-refractivity contribution in [3.8, 4) is 0 Å². The molecule has 0 atom stereocenters. The number of carbonyl (C=O) groups excluding carboxylic acids is 5. The molecule has 0 heterocycles. The predicted molar refractivity (Wildman–Crippen MR) is 457 cm³/mol. The van der Waals surface area contributed by atoms with Gasteiger partial charge in [-0.05, 0) is 69.5 Å². The standard InChI is InChI=1S/C97H119N5O17/c103-93(98-54-32-3-1-2-4-33-55-99-97(107)86-50-30-13-31-51-86)52-53-96(106)102(56-94(104)100-87(66-116-89(70-108-58-78-34-14-5-15-35-78)71-109-59-79-36-16-6-17-37-79)67-117-90(72-110-60-80-38-18-7-19-39-80)73-111-61-81-40-20-8-21-41-81)57-95(105)101-88(68-118-91(74-112-62-82-42-22-9-23-43-82)75-113-63-83-44-24-10-25-45-83)69-119-92(76-114-64-84-46-26-11-27-47-84)77-115-65-85-48-28-12-29-49-85/h5-31,34-51,87-92H,1-4,32-33,52-77H2,(H,98,103)(H,99,107)(H,100,104)(H,101,105). The number of unbranched alkanes of at least 4 members (excludes halogenated alkanes) is 5. The molecule has 0 aliphatic carbocycles. The van der Waals surface area contributed by atoms with E-state index in [1.165, 1.54) is 0 Å². The summed E-state index contributed by atoms with van der Waals surface area (Å²) < 4.78 is 76.9. The van der Waals surface area contributed by atoms with Crippen LogP contribution < -0.4 is 21.3 Å².